The number of rotatable bonds is 10. The van der Waals surface area contributed by atoms with Gasteiger partial charge >= 0.3 is 5.97 Å². The number of amides is 1. The zero-order chi connectivity index (χ0) is 27.4. The van der Waals surface area contributed by atoms with Gasteiger partial charge in [0.2, 0.25) is 0 Å². The third kappa shape index (κ3) is 10.0. The Hall–Kier alpha value is -2.85. The van der Waals surface area contributed by atoms with Gasteiger partial charge in [-0.15, -0.1) is 11.8 Å². The third-order valence-electron chi connectivity index (χ3n) is 4.76. The number of carbonyl (C=O) groups excluding carboxylic acids is 2. The molecule has 1 amide bonds. The minimum absolute atomic E-state index is 0.0200. The van der Waals surface area contributed by atoms with Crippen molar-refractivity contribution in [2.45, 2.75) is 57.6 Å². The lowest BCUT2D eigenvalue weighted by Crippen LogP contribution is -2.23. The molecule has 0 fully saturated rings. The molecule has 6 nitrogen and oxygen atoms in total. The zero-order valence-electron chi connectivity index (χ0n) is 21.2. The van der Waals surface area contributed by atoms with Crippen LogP contribution in [0.5, 0.6) is 0 Å². The minimum atomic E-state index is -1.61. The fourth-order valence-electron chi connectivity index (χ4n) is 2.89. The molecule has 2 aromatic rings. The maximum absolute atomic E-state index is 13.4. The van der Waals surface area contributed by atoms with Gasteiger partial charge in [0.05, 0.1) is 13.2 Å². The van der Waals surface area contributed by atoms with Crippen molar-refractivity contribution < 1.29 is 27.5 Å². The number of carbonyl (C=O) groups is 2. The Kier molecular flexibility index (Phi) is 13.3. The lowest BCUT2D eigenvalue weighted by molar-refractivity contribution is -0.143. The number of nitrogens with one attached hydrogen (secondary N) is 2. The van der Waals surface area contributed by atoms with Crippen molar-refractivity contribution >= 4 is 35.0 Å². The molecule has 198 valence electrons. The molecule has 0 heterocycles. The average Bonchev–Trinajstić information content (AvgIpc) is 2.82. The molecule has 2 atom stereocenters. The van der Waals surface area contributed by atoms with Crippen molar-refractivity contribution in [1.82, 2.24) is 0 Å². The summed E-state index contributed by atoms with van der Waals surface area (Å²) in [6.45, 7) is 9.68. The Bertz CT molecular complexity index is 1040. The first-order chi connectivity index (χ1) is 16.9. The van der Waals surface area contributed by atoms with Crippen molar-refractivity contribution in [3.8, 4) is 0 Å². The normalized spacial score (nSPS) is 12.1. The van der Waals surface area contributed by atoms with Crippen LogP contribution in [0.4, 0.5) is 18.9 Å². The van der Waals surface area contributed by atoms with E-state index in [-0.39, 0.29) is 35.6 Å². The number of hydrogen-bond donors (Lipinski definition) is 3. The molecule has 0 spiro atoms. The molecule has 2 rings (SSSR count). The number of aryl methyl sites for hydroxylation is 1. The van der Waals surface area contributed by atoms with Gasteiger partial charge in [0.15, 0.2) is 17.5 Å². The van der Waals surface area contributed by atoms with Gasteiger partial charge < -0.3 is 21.2 Å². The Morgan fingerprint density at radius 2 is 1.72 bits per heavy atom. The van der Waals surface area contributed by atoms with Crippen molar-refractivity contribution in [1.29, 1.82) is 5.41 Å². The summed E-state index contributed by atoms with van der Waals surface area (Å²) in [5.74, 6) is -5.54. The summed E-state index contributed by atoms with van der Waals surface area (Å²) in [5.41, 5.74) is 6.56. The summed E-state index contributed by atoms with van der Waals surface area (Å²) < 4.78 is 45.1. The molecule has 0 aliphatic heterocycles. The molecule has 0 aromatic heterocycles. The summed E-state index contributed by atoms with van der Waals surface area (Å²) in [5, 5.41) is 10.3. The van der Waals surface area contributed by atoms with Gasteiger partial charge in [-0.25, -0.2) is 13.2 Å². The van der Waals surface area contributed by atoms with Crippen molar-refractivity contribution in [3.05, 3.63) is 58.9 Å². The van der Waals surface area contributed by atoms with E-state index in [1.54, 1.807) is 25.1 Å². The van der Waals surface area contributed by atoms with Crippen molar-refractivity contribution in [3.63, 3.8) is 0 Å². The molecule has 10 heteroatoms. The molecule has 0 saturated carbocycles. The van der Waals surface area contributed by atoms with Crippen LogP contribution in [0.2, 0.25) is 0 Å². The molecule has 0 saturated heterocycles. The van der Waals surface area contributed by atoms with E-state index in [2.05, 4.69) is 19.2 Å². The summed E-state index contributed by atoms with van der Waals surface area (Å²) in [6, 6.07) is 6.32. The second-order valence-electron chi connectivity index (χ2n) is 8.41. The van der Waals surface area contributed by atoms with Gasteiger partial charge in [0.1, 0.15) is 0 Å². The highest BCUT2D eigenvalue weighted by atomic mass is 32.2. The van der Waals surface area contributed by atoms with Crippen molar-refractivity contribution in [2.24, 2.45) is 11.7 Å². The molecular formula is C26H34F3N3O3S. The predicted octanol–water partition coefficient (Wildman–Crippen LogP) is 6.11. The fourth-order valence-corrected chi connectivity index (χ4v) is 4.25. The molecule has 0 aliphatic carbocycles. The number of thioether (sulfide) groups is 1. The second-order valence-corrected chi connectivity index (χ2v) is 9.66. The Morgan fingerprint density at radius 3 is 2.25 bits per heavy atom. The molecular weight excluding hydrogens is 491 g/mol. The highest BCUT2D eigenvalue weighted by Gasteiger charge is 2.20. The lowest BCUT2D eigenvalue weighted by atomic mass is 10.0. The first-order valence-corrected chi connectivity index (χ1v) is 12.4. The van der Waals surface area contributed by atoms with E-state index >= 15 is 0 Å². The van der Waals surface area contributed by atoms with Gasteiger partial charge in [-0.3, -0.25) is 9.59 Å². The van der Waals surface area contributed by atoms with Crippen LogP contribution in [-0.4, -0.2) is 36.0 Å². The Labute approximate surface area is 214 Å². The van der Waals surface area contributed by atoms with Crippen LogP contribution in [0.3, 0.4) is 0 Å². The van der Waals surface area contributed by atoms with E-state index in [0.29, 0.717) is 24.3 Å². The lowest BCUT2D eigenvalue weighted by Gasteiger charge is -2.21. The van der Waals surface area contributed by atoms with Gasteiger partial charge in [-0.05, 0) is 43.9 Å². The second kappa shape index (κ2) is 15.3. The number of ether oxygens (including phenoxy) is 1. The number of esters is 1. The highest BCUT2D eigenvalue weighted by Crippen LogP contribution is 2.32. The van der Waals surface area contributed by atoms with Crippen LogP contribution in [0.15, 0.2) is 35.2 Å². The smallest absolute Gasteiger partial charge is 0.319 e. The highest BCUT2D eigenvalue weighted by molar-refractivity contribution is 8.00. The molecule has 4 N–H and O–H groups in total. The number of nitrogens with two attached hydrogens (primary N) is 1. The number of hydrogen-bond acceptors (Lipinski definition) is 6. The van der Waals surface area contributed by atoms with E-state index in [1.807, 2.05) is 13.8 Å². The quantitative estimate of drug-likeness (QED) is 0.150. The molecule has 0 aliphatic rings. The summed E-state index contributed by atoms with van der Waals surface area (Å²) in [7, 11) is 0. The van der Waals surface area contributed by atoms with Crippen LogP contribution in [0.25, 0.3) is 0 Å². The number of halogens is 3. The van der Waals surface area contributed by atoms with E-state index in [4.69, 9.17) is 15.9 Å². The van der Waals surface area contributed by atoms with Gasteiger partial charge in [-0.1, -0.05) is 33.3 Å². The van der Waals surface area contributed by atoms with E-state index in [9.17, 15) is 22.8 Å². The SMILES string of the molecule is CC(=N)C(CC(C)COC(=O)CN)Sc1cc(C(=O)Nc2cc(F)c(F)c(F)c2)ccc1C.CCC. The Morgan fingerprint density at radius 1 is 1.14 bits per heavy atom. The Balaban J connectivity index is 0.00000205. The fraction of sp³-hybridized carbons (Fsp3) is 0.423. The van der Waals surface area contributed by atoms with Crippen LogP contribution in [0.1, 0.15) is 56.5 Å². The molecule has 0 bridgehead atoms. The third-order valence-corrected chi connectivity index (χ3v) is 6.28. The predicted molar refractivity (Wildman–Crippen MR) is 138 cm³/mol. The van der Waals surface area contributed by atoms with Crippen LogP contribution in [0, 0.1) is 35.7 Å². The summed E-state index contributed by atoms with van der Waals surface area (Å²) >= 11 is 1.40. The first-order valence-electron chi connectivity index (χ1n) is 11.6. The zero-order valence-corrected chi connectivity index (χ0v) is 22.0. The summed E-state index contributed by atoms with van der Waals surface area (Å²) in [6.07, 6.45) is 1.81. The van der Waals surface area contributed by atoms with Gasteiger partial charge in [0, 0.05) is 39.2 Å². The molecule has 0 radical (unpaired) electrons. The van der Waals surface area contributed by atoms with E-state index in [0.717, 1.165) is 10.5 Å². The number of anilines is 1. The first kappa shape index (κ1) is 31.2. The van der Waals surface area contributed by atoms with Crippen molar-refractivity contribution in [2.75, 3.05) is 18.5 Å². The van der Waals surface area contributed by atoms with Gasteiger partial charge in [0.25, 0.3) is 5.91 Å². The maximum Gasteiger partial charge on any atom is 0.319 e. The van der Waals surface area contributed by atoms with Crippen LogP contribution >= 0.6 is 11.8 Å². The standard InChI is InChI=1S/C23H26F3N3O3S.C3H8/c1-12(11-32-21(30)10-27)6-20(14(3)28)33-19-7-15(5-4-13(19)2)23(31)29-16-8-17(24)22(26)18(25)9-16;1-3-2/h4-5,7-9,12,20,28H,6,10-11,27H2,1-3H3,(H,29,31);3H2,1-2H3. The monoisotopic (exact) mass is 525 g/mol. The summed E-state index contributed by atoms with van der Waals surface area (Å²) in [4.78, 5) is 24.6. The number of benzene rings is 2. The van der Waals surface area contributed by atoms with E-state index < -0.39 is 29.3 Å². The van der Waals surface area contributed by atoms with Gasteiger partial charge in [-0.2, -0.15) is 0 Å². The largest absolute Gasteiger partial charge is 0.464 e. The topological polar surface area (TPSA) is 105 Å². The maximum atomic E-state index is 13.4. The molecule has 36 heavy (non-hydrogen) atoms. The molecule has 2 unspecified atom stereocenters. The van der Waals surface area contributed by atoms with Crippen LogP contribution < -0.4 is 11.1 Å². The average molecular weight is 526 g/mol. The minimum Gasteiger partial charge on any atom is -0.464 e. The van der Waals surface area contributed by atoms with Crippen LogP contribution in [-0.2, 0) is 9.53 Å². The van der Waals surface area contributed by atoms with E-state index in [1.165, 1.54) is 18.2 Å². The molecule has 2 aromatic carbocycles.